The summed E-state index contributed by atoms with van der Waals surface area (Å²) in [5.41, 5.74) is 1.22. The molecule has 2 fully saturated rings. The summed E-state index contributed by atoms with van der Waals surface area (Å²) >= 11 is 9.65. The Morgan fingerprint density at radius 2 is 1.56 bits per heavy atom. The second kappa shape index (κ2) is 6.00. The molecule has 2 aliphatic rings. The fraction of sp³-hybridized carbons (Fsp3) is 0.235. The van der Waals surface area contributed by atoms with E-state index in [0.717, 1.165) is 4.47 Å². The van der Waals surface area contributed by atoms with Crippen LogP contribution in [0, 0.1) is 0 Å². The molecule has 0 N–H and O–H groups in total. The van der Waals surface area contributed by atoms with Gasteiger partial charge in [0.15, 0.2) is 9.84 Å². The number of para-hydroxylation sites is 1. The van der Waals surface area contributed by atoms with Crippen molar-refractivity contribution in [3.63, 3.8) is 0 Å². The average molecular weight is 442 g/mol. The van der Waals surface area contributed by atoms with Gasteiger partial charge in [0.1, 0.15) is 0 Å². The Bertz CT molecular complexity index is 949. The van der Waals surface area contributed by atoms with E-state index in [1.807, 2.05) is 12.1 Å². The summed E-state index contributed by atoms with van der Waals surface area (Å²) < 4.78 is 25.4. The van der Waals surface area contributed by atoms with Gasteiger partial charge in [0.05, 0.1) is 34.3 Å². The zero-order chi connectivity index (χ0) is 17.8. The number of sulfone groups is 1. The standard InChI is InChI=1S/C17H14BrClN2O3S/c18-11-5-7-12(8-6-11)20-15-9-25(23,24)10-16(15)21(17(20)22)14-4-2-1-3-13(14)19/h1-8,15-16H,9-10H2/t15-,16+/m1/s1. The van der Waals surface area contributed by atoms with Crippen molar-refractivity contribution in [2.75, 3.05) is 21.3 Å². The van der Waals surface area contributed by atoms with Crippen molar-refractivity contribution in [2.45, 2.75) is 12.1 Å². The van der Waals surface area contributed by atoms with Crippen molar-refractivity contribution in [1.29, 1.82) is 0 Å². The highest BCUT2D eigenvalue weighted by Gasteiger charge is 2.54. The molecule has 2 saturated heterocycles. The van der Waals surface area contributed by atoms with Crippen molar-refractivity contribution < 1.29 is 13.2 Å². The zero-order valence-corrected chi connectivity index (χ0v) is 16.1. The Morgan fingerprint density at radius 3 is 2.20 bits per heavy atom. The van der Waals surface area contributed by atoms with Gasteiger partial charge in [-0.3, -0.25) is 9.80 Å². The third-order valence-corrected chi connectivity index (χ3v) is 7.13. The van der Waals surface area contributed by atoms with E-state index in [4.69, 9.17) is 11.6 Å². The summed E-state index contributed by atoms with van der Waals surface area (Å²) in [7, 11) is -3.22. The van der Waals surface area contributed by atoms with Crippen LogP contribution < -0.4 is 9.80 Å². The maximum atomic E-state index is 13.2. The lowest BCUT2D eigenvalue weighted by molar-refractivity contribution is 0.255. The van der Waals surface area contributed by atoms with Gasteiger partial charge in [-0.05, 0) is 36.4 Å². The topological polar surface area (TPSA) is 57.7 Å². The smallest absolute Gasteiger partial charge is 0.288 e. The number of carbonyl (C=O) groups is 1. The molecule has 0 aliphatic carbocycles. The Hall–Kier alpha value is -1.57. The number of nitrogens with zero attached hydrogens (tertiary/aromatic N) is 2. The van der Waals surface area contributed by atoms with Crippen LogP contribution >= 0.6 is 27.5 Å². The maximum Gasteiger partial charge on any atom is 0.329 e. The molecule has 2 aliphatic heterocycles. The average Bonchev–Trinajstić information content (AvgIpc) is 2.99. The summed E-state index contributed by atoms with van der Waals surface area (Å²) in [5.74, 6) is -0.0952. The number of rotatable bonds is 2. The molecule has 0 bridgehead atoms. The molecule has 0 radical (unpaired) electrons. The SMILES string of the molecule is O=C1N(c2ccc(Br)cc2)[C@@H]2CS(=O)(=O)C[C@@H]2N1c1ccccc1Cl. The van der Waals surface area contributed by atoms with E-state index in [1.165, 1.54) is 4.90 Å². The predicted octanol–water partition coefficient (Wildman–Crippen LogP) is 3.71. The Balaban J connectivity index is 1.83. The summed E-state index contributed by atoms with van der Waals surface area (Å²) in [6.45, 7) is 0. The van der Waals surface area contributed by atoms with Gasteiger partial charge in [-0.25, -0.2) is 13.2 Å². The number of hydrogen-bond acceptors (Lipinski definition) is 3. The van der Waals surface area contributed by atoms with E-state index in [-0.39, 0.29) is 17.5 Å². The van der Waals surface area contributed by atoms with Crippen molar-refractivity contribution in [3.05, 3.63) is 58.0 Å². The predicted molar refractivity (Wildman–Crippen MR) is 102 cm³/mol. The molecule has 4 rings (SSSR count). The number of hydrogen-bond donors (Lipinski definition) is 0. The molecular formula is C17H14BrClN2O3S. The fourth-order valence-corrected chi connectivity index (χ4v) is 5.95. The molecule has 2 amide bonds. The summed E-state index contributed by atoms with van der Waals surface area (Å²) in [6.07, 6.45) is 0. The summed E-state index contributed by atoms with van der Waals surface area (Å²) in [6, 6.07) is 13.2. The van der Waals surface area contributed by atoms with Gasteiger partial charge >= 0.3 is 6.03 Å². The van der Waals surface area contributed by atoms with Gasteiger partial charge in [0.25, 0.3) is 0 Å². The molecule has 2 aromatic carbocycles. The first-order chi connectivity index (χ1) is 11.9. The Morgan fingerprint density at radius 1 is 0.960 bits per heavy atom. The Labute approximate surface area is 159 Å². The lowest BCUT2D eigenvalue weighted by Gasteiger charge is -2.23. The first kappa shape index (κ1) is 16.9. The van der Waals surface area contributed by atoms with Crippen molar-refractivity contribution in [1.82, 2.24) is 0 Å². The maximum absolute atomic E-state index is 13.2. The minimum atomic E-state index is -3.22. The van der Waals surface area contributed by atoms with Crippen LogP contribution in [0.4, 0.5) is 16.2 Å². The van der Waals surface area contributed by atoms with E-state index in [0.29, 0.717) is 16.4 Å². The lowest BCUT2D eigenvalue weighted by Crippen LogP contribution is -2.38. The largest absolute Gasteiger partial charge is 0.329 e. The fourth-order valence-electron chi connectivity index (χ4n) is 3.54. The third kappa shape index (κ3) is 2.84. The lowest BCUT2D eigenvalue weighted by atomic mass is 10.1. The van der Waals surface area contributed by atoms with Crippen LogP contribution in [0.3, 0.4) is 0 Å². The van der Waals surface area contributed by atoms with Crippen LogP contribution in [-0.2, 0) is 9.84 Å². The zero-order valence-electron chi connectivity index (χ0n) is 13.0. The molecule has 0 unspecified atom stereocenters. The van der Waals surface area contributed by atoms with Gasteiger partial charge in [0.2, 0.25) is 0 Å². The highest BCUT2D eigenvalue weighted by atomic mass is 79.9. The molecule has 5 nitrogen and oxygen atoms in total. The number of amides is 2. The van der Waals surface area contributed by atoms with E-state index >= 15 is 0 Å². The number of halogens is 2. The Kier molecular flexibility index (Phi) is 4.05. The number of urea groups is 1. The van der Waals surface area contributed by atoms with E-state index < -0.39 is 21.9 Å². The molecular weight excluding hydrogens is 428 g/mol. The molecule has 2 aromatic rings. The minimum Gasteiger partial charge on any atom is -0.288 e. The molecule has 0 saturated carbocycles. The quantitative estimate of drug-likeness (QED) is 0.668. The van der Waals surface area contributed by atoms with Crippen LogP contribution in [-0.4, -0.2) is 38.0 Å². The van der Waals surface area contributed by atoms with Gasteiger partial charge in [0, 0.05) is 10.2 Å². The van der Waals surface area contributed by atoms with E-state index in [1.54, 1.807) is 41.3 Å². The van der Waals surface area contributed by atoms with Gasteiger partial charge in [-0.2, -0.15) is 0 Å². The first-order valence-corrected chi connectivity index (χ1v) is 10.7. The monoisotopic (exact) mass is 440 g/mol. The third-order valence-electron chi connectivity index (χ3n) is 4.59. The van der Waals surface area contributed by atoms with Crippen molar-refractivity contribution >= 4 is 54.8 Å². The van der Waals surface area contributed by atoms with Crippen LogP contribution in [0.15, 0.2) is 53.0 Å². The molecule has 25 heavy (non-hydrogen) atoms. The highest BCUT2D eigenvalue weighted by molar-refractivity contribution is 9.10. The molecule has 8 heteroatoms. The van der Waals surface area contributed by atoms with E-state index in [2.05, 4.69) is 15.9 Å². The van der Waals surface area contributed by atoms with Crippen molar-refractivity contribution in [2.24, 2.45) is 0 Å². The van der Waals surface area contributed by atoms with Gasteiger partial charge < -0.3 is 0 Å². The molecule has 130 valence electrons. The first-order valence-electron chi connectivity index (χ1n) is 7.70. The number of carbonyl (C=O) groups excluding carboxylic acids is 1. The highest BCUT2D eigenvalue weighted by Crippen LogP contribution is 2.40. The molecule has 2 atom stereocenters. The second-order valence-corrected chi connectivity index (χ2v) is 9.64. The molecule has 2 heterocycles. The number of benzene rings is 2. The second-order valence-electron chi connectivity index (χ2n) is 6.16. The molecule has 0 spiro atoms. The normalized spacial score (nSPS) is 24.6. The summed E-state index contributed by atoms with van der Waals surface area (Å²) in [4.78, 5) is 16.3. The molecule has 0 aromatic heterocycles. The van der Waals surface area contributed by atoms with Crippen LogP contribution in [0.25, 0.3) is 0 Å². The van der Waals surface area contributed by atoms with Gasteiger partial charge in [-0.1, -0.05) is 39.7 Å². The minimum absolute atomic E-state index is 0.0412. The van der Waals surface area contributed by atoms with Gasteiger partial charge in [-0.15, -0.1) is 0 Å². The number of anilines is 2. The van der Waals surface area contributed by atoms with E-state index in [9.17, 15) is 13.2 Å². The van der Waals surface area contributed by atoms with Crippen molar-refractivity contribution in [3.8, 4) is 0 Å². The van der Waals surface area contributed by atoms with Crippen LogP contribution in [0.5, 0.6) is 0 Å². The van der Waals surface area contributed by atoms with Crippen LogP contribution in [0.2, 0.25) is 5.02 Å². The summed E-state index contributed by atoms with van der Waals surface area (Å²) in [5, 5.41) is 0.427. The number of fused-ring (bicyclic) bond motifs is 1. The van der Waals surface area contributed by atoms with Crippen LogP contribution in [0.1, 0.15) is 0 Å².